The predicted octanol–water partition coefficient (Wildman–Crippen LogP) is 3.75. The summed E-state index contributed by atoms with van der Waals surface area (Å²) in [5.74, 6) is -0.842. The monoisotopic (exact) mass is 412 g/mol. The number of rotatable bonds is 2. The van der Waals surface area contributed by atoms with E-state index in [4.69, 9.17) is 0 Å². The third kappa shape index (κ3) is 2.58. The second-order valence-electron chi connectivity index (χ2n) is 4.41. The van der Waals surface area contributed by atoms with E-state index in [1.807, 2.05) is 0 Å². The number of aromatic amines is 2. The van der Waals surface area contributed by atoms with Gasteiger partial charge in [-0.15, -0.1) is 0 Å². The summed E-state index contributed by atoms with van der Waals surface area (Å²) >= 11 is 6.34. The Kier molecular flexibility index (Phi) is 3.54. The average Bonchev–Trinajstić information content (AvgIpc) is 2.79. The van der Waals surface area contributed by atoms with E-state index in [0.717, 1.165) is 0 Å². The van der Waals surface area contributed by atoms with Crippen LogP contribution in [0.3, 0.4) is 0 Å². The van der Waals surface area contributed by atoms with Gasteiger partial charge in [0.25, 0.3) is 0 Å². The van der Waals surface area contributed by atoms with Crippen LogP contribution >= 0.6 is 31.9 Å². The van der Waals surface area contributed by atoms with Crippen molar-refractivity contribution < 1.29 is 9.18 Å². The maximum atomic E-state index is 13.5. The van der Waals surface area contributed by atoms with E-state index in [-0.39, 0.29) is 17.0 Å². The topological polar surface area (TPSA) is 65.7 Å². The number of carbonyl (C=O) groups excluding carboxylic acids is 1. The number of benzene rings is 2. The van der Waals surface area contributed by atoms with Crippen molar-refractivity contribution in [3.63, 3.8) is 0 Å². The molecule has 0 saturated heterocycles. The second kappa shape index (κ2) is 5.23. The van der Waals surface area contributed by atoms with Crippen molar-refractivity contribution in [1.82, 2.24) is 9.97 Å². The molecule has 4 nitrogen and oxygen atoms in total. The number of hydrogen-bond donors (Lipinski definition) is 2. The Labute approximate surface area is 134 Å². The molecule has 0 radical (unpaired) electrons. The molecule has 0 unspecified atom stereocenters. The van der Waals surface area contributed by atoms with Crippen molar-refractivity contribution in [3.05, 3.63) is 66.7 Å². The molecule has 2 aromatic carbocycles. The number of aromatic nitrogens is 2. The molecule has 1 heterocycles. The Morgan fingerprint density at radius 1 is 1.00 bits per heavy atom. The maximum Gasteiger partial charge on any atom is 0.323 e. The van der Waals surface area contributed by atoms with Gasteiger partial charge in [0.1, 0.15) is 5.82 Å². The molecule has 0 bridgehead atoms. The first-order valence-electron chi connectivity index (χ1n) is 5.87. The summed E-state index contributed by atoms with van der Waals surface area (Å²) in [5.41, 5.74) is 1.33. The van der Waals surface area contributed by atoms with Gasteiger partial charge in [-0.3, -0.25) is 4.79 Å². The molecular weight excluding hydrogens is 407 g/mol. The number of halogens is 3. The number of nitrogens with one attached hydrogen (secondary N) is 2. The van der Waals surface area contributed by atoms with Gasteiger partial charge in [0, 0.05) is 15.6 Å². The van der Waals surface area contributed by atoms with Gasteiger partial charge in [0.15, 0.2) is 5.78 Å². The number of hydrogen-bond acceptors (Lipinski definition) is 2. The van der Waals surface area contributed by atoms with Crippen LogP contribution in [0.4, 0.5) is 4.39 Å². The van der Waals surface area contributed by atoms with Crippen LogP contribution in [-0.2, 0) is 0 Å². The molecule has 3 aromatic rings. The summed E-state index contributed by atoms with van der Waals surface area (Å²) in [6.07, 6.45) is 0. The van der Waals surface area contributed by atoms with Crippen molar-refractivity contribution in [1.29, 1.82) is 0 Å². The summed E-state index contributed by atoms with van der Waals surface area (Å²) in [6, 6.07) is 7.37. The molecule has 2 N–H and O–H groups in total. The second-order valence-corrected chi connectivity index (χ2v) is 6.12. The van der Waals surface area contributed by atoms with Crippen LogP contribution < -0.4 is 5.69 Å². The Bertz CT molecular complexity index is 930. The molecule has 0 fully saturated rings. The fourth-order valence-corrected chi connectivity index (χ4v) is 2.79. The lowest BCUT2D eigenvalue weighted by Crippen LogP contribution is -2.03. The smallest absolute Gasteiger partial charge is 0.306 e. The zero-order valence-corrected chi connectivity index (χ0v) is 13.5. The van der Waals surface area contributed by atoms with Gasteiger partial charge in [-0.25, -0.2) is 9.18 Å². The number of imidazole rings is 1. The fourth-order valence-electron chi connectivity index (χ4n) is 2.02. The van der Waals surface area contributed by atoms with Crippen LogP contribution in [0.15, 0.2) is 44.1 Å². The molecule has 21 heavy (non-hydrogen) atoms. The van der Waals surface area contributed by atoms with Gasteiger partial charge >= 0.3 is 5.69 Å². The summed E-state index contributed by atoms with van der Waals surface area (Å²) < 4.78 is 14.4. The maximum absolute atomic E-state index is 13.5. The van der Waals surface area contributed by atoms with Crippen molar-refractivity contribution in [2.24, 2.45) is 0 Å². The van der Waals surface area contributed by atoms with Crippen LogP contribution in [-0.4, -0.2) is 15.8 Å². The molecular formula is C14H7Br2FN2O2. The molecule has 0 spiro atoms. The molecule has 0 amide bonds. The number of ketones is 1. The van der Waals surface area contributed by atoms with Crippen molar-refractivity contribution in [2.45, 2.75) is 0 Å². The molecule has 7 heteroatoms. The SMILES string of the molecule is O=C(c1ccc(Br)c(F)c1)c1cc2[nH]c(=O)[nH]c2cc1Br. The van der Waals surface area contributed by atoms with E-state index in [1.54, 1.807) is 12.1 Å². The lowest BCUT2D eigenvalue weighted by molar-refractivity contribution is 0.103. The van der Waals surface area contributed by atoms with Crippen LogP contribution in [0.1, 0.15) is 15.9 Å². The molecule has 3 rings (SSSR count). The highest BCUT2D eigenvalue weighted by Gasteiger charge is 2.16. The van der Waals surface area contributed by atoms with Gasteiger partial charge in [-0.1, -0.05) is 0 Å². The zero-order valence-electron chi connectivity index (χ0n) is 10.3. The van der Waals surface area contributed by atoms with E-state index in [0.29, 0.717) is 25.5 Å². The quantitative estimate of drug-likeness (QED) is 0.628. The molecule has 0 aliphatic rings. The van der Waals surface area contributed by atoms with E-state index in [9.17, 15) is 14.0 Å². The standard InChI is InChI=1S/C14H7Br2FN2O2/c15-8-2-1-6(3-10(8)17)13(20)7-4-11-12(5-9(7)16)19-14(21)18-11/h1-5H,(H2,18,19,21). The third-order valence-corrected chi connectivity index (χ3v) is 4.33. The van der Waals surface area contributed by atoms with E-state index in [2.05, 4.69) is 41.8 Å². The Morgan fingerprint density at radius 2 is 1.67 bits per heavy atom. The highest BCUT2D eigenvalue weighted by molar-refractivity contribution is 9.10. The Morgan fingerprint density at radius 3 is 2.33 bits per heavy atom. The van der Waals surface area contributed by atoms with Gasteiger partial charge < -0.3 is 9.97 Å². The summed E-state index contributed by atoms with van der Waals surface area (Å²) in [6.45, 7) is 0. The first-order chi connectivity index (χ1) is 9.95. The molecule has 106 valence electrons. The zero-order chi connectivity index (χ0) is 15.1. The fraction of sp³-hybridized carbons (Fsp3) is 0. The van der Waals surface area contributed by atoms with Crippen molar-refractivity contribution in [3.8, 4) is 0 Å². The predicted molar refractivity (Wildman–Crippen MR) is 84.2 cm³/mol. The van der Waals surface area contributed by atoms with Crippen molar-refractivity contribution in [2.75, 3.05) is 0 Å². The average molecular weight is 414 g/mol. The van der Waals surface area contributed by atoms with Crippen LogP contribution in [0.5, 0.6) is 0 Å². The molecule has 1 aromatic heterocycles. The van der Waals surface area contributed by atoms with Gasteiger partial charge in [0.2, 0.25) is 0 Å². The summed E-state index contributed by atoms with van der Waals surface area (Å²) in [7, 11) is 0. The van der Waals surface area contributed by atoms with Crippen LogP contribution in [0.25, 0.3) is 11.0 Å². The van der Waals surface area contributed by atoms with Gasteiger partial charge in [-0.05, 0) is 62.2 Å². The van der Waals surface area contributed by atoms with E-state index in [1.165, 1.54) is 18.2 Å². The van der Waals surface area contributed by atoms with Gasteiger partial charge in [-0.2, -0.15) is 0 Å². The van der Waals surface area contributed by atoms with Crippen molar-refractivity contribution >= 4 is 48.7 Å². The summed E-state index contributed by atoms with van der Waals surface area (Å²) in [5, 5.41) is 0. The number of fused-ring (bicyclic) bond motifs is 1. The lowest BCUT2D eigenvalue weighted by Gasteiger charge is -2.05. The van der Waals surface area contributed by atoms with Crippen LogP contribution in [0.2, 0.25) is 0 Å². The minimum absolute atomic E-state index is 0.230. The van der Waals surface area contributed by atoms with E-state index >= 15 is 0 Å². The highest BCUT2D eigenvalue weighted by Crippen LogP contribution is 2.25. The van der Waals surface area contributed by atoms with E-state index < -0.39 is 5.82 Å². The molecule has 0 aliphatic heterocycles. The number of H-pyrrole nitrogens is 2. The first kappa shape index (κ1) is 14.2. The Balaban J connectivity index is 2.14. The number of carbonyl (C=O) groups is 1. The Hall–Kier alpha value is -1.73. The minimum Gasteiger partial charge on any atom is -0.306 e. The largest absolute Gasteiger partial charge is 0.323 e. The molecule has 0 saturated carbocycles. The van der Waals surface area contributed by atoms with Crippen LogP contribution in [0, 0.1) is 5.82 Å². The molecule has 0 aliphatic carbocycles. The highest BCUT2D eigenvalue weighted by atomic mass is 79.9. The summed E-state index contributed by atoms with van der Waals surface area (Å²) in [4.78, 5) is 28.9. The third-order valence-electron chi connectivity index (χ3n) is 3.03. The van der Waals surface area contributed by atoms with Gasteiger partial charge in [0.05, 0.1) is 15.5 Å². The lowest BCUT2D eigenvalue weighted by atomic mass is 10.0. The first-order valence-corrected chi connectivity index (χ1v) is 7.45. The normalized spacial score (nSPS) is 11.0. The molecule has 0 atom stereocenters. The minimum atomic E-state index is -0.506.